The summed E-state index contributed by atoms with van der Waals surface area (Å²) < 4.78 is 41.1. The molecule has 0 bridgehead atoms. The number of sulfone groups is 1. The molecule has 10 nitrogen and oxygen atoms in total. The third kappa shape index (κ3) is 8.13. The van der Waals surface area contributed by atoms with Gasteiger partial charge in [0.05, 0.1) is 56.6 Å². The van der Waals surface area contributed by atoms with E-state index in [1.807, 2.05) is 11.2 Å². The summed E-state index contributed by atoms with van der Waals surface area (Å²) in [5.74, 6) is -0.153. The highest BCUT2D eigenvalue weighted by Crippen LogP contribution is 2.19. The first kappa shape index (κ1) is 27.8. The first-order chi connectivity index (χ1) is 17.9. The van der Waals surface area contributed by atoms with Crippen LogP contribution < -0.4 is 0 Å². The van der Waals surface area contributed by atoms with Crippen LogP contribution in [0.4, 0.5) is 0 Å². The van der Waals surface area contributed by atoms with Crippen molar-refractivity contribution in [1.82, 2.24) is 14.9 Å². The van der Waals surface area contributed by atoms with E-state index in [0.29, 0.717) is 50.6 Å². The number of hydrogen-bond donors (Lipinski definition) is 0. The number of thiazole rings is 1. The zero-order chi connectivity index (χ0) is 26.1. The molecular formula is C25H34N4O6S2. The first-order valence-corrected chi connectivity index (χ1v) is 14.9. The maximum absolute atomic E-state index is 13.5. The lowest BCUT2D eigenvalue weighted by Crippen LogP contribution is -2.35. The van der Waals surface area contributed by atoms with Crippen LogP contribution in [0.25, 0.3) is 0 Å². The average Bonchev–Trinajstić information content (AvgIpc) is 3.35. The second-order valence-electron chi connectivity index (χ2n) is 8.91. The number of carbonyl (C=O) groups excluding carboxylic acids is 1. The smallest absolute Gasteiger partial charge is 0.190 e. The van der Waals surface area contributed by atoms with Crippen LogP contribution in [-0.4, -0.2) is 107 Å². The Morgan fingerprint density at radius 1 is 1.08 bits per heavy atom. The summed E-state index contributed by atoms with van der Waals surface area (Å²) in [5, 5.41) is 7.23. The molecule has 2 saturated heterocycles. The number of carbonyl (C=O) groups is 1. The standard InChI is InChI=1S/C25H34N4O6S2/c1-33-11-2-16-37(31,32)22-5-3-20(4-6-22)25(27-29-9-14-35-15-10-29)23(30)17-24-26-18-21(36-24)19-28-7-12-34-13-8-28/h3-6,18H,2,7-17,19H2,1H3/b27-25+. The summed E-state index contributed by atoms with van der Waals surface area (Å²) in [6.45, 7) is 6.69. The van der Waals surface area contributed by atoms with Gasteiger partial charge < -0.3 is 14.2 Å². The molecule has 2 aliphatic heterocycles. The molecule has 0 unspecified atom stereocenters. The van der Waals surface area contributed by atoms with E-state index < -0.39 is 9.84 Å². The van der Waals surface area contributed by atoms with Gasteiger partial charge in [0.1, 0.15) is 10.7 Å². The fourth-order valence-corrected chi connectivity index (χ4v) is 6.35. The number of rotatable bonds is 12. The third-order valence-corrected chi connectivity index (χ3v) is 8.94. The zero-order valence-electron chi connectivity index (χ0n) is 21.1. The second-order valence-corrected chi connectivity index (χ2v) is 12.2. The minimum Gasteiger partial charge on any atom is -0.385 e. The maximum atomic E-state index is 13.5. The van der Waals surface area contributed by atoms with Crippen LogP contribution in [0.3, 0.4) is 0 Å². The molecule has 37 heavy (non-hydrogen) atoms. The number of ketones is 1. The van der Waals surface area contributed by atoms with Gasteiger partial charge in [-0.2, -0.15) is 5.10 Å². The molecule has 4 rings (SSSR count). The first-order valence-electron chi connectivity index (χ1n) is 12.4. The Labute approximate surface area is 222 Å². The molecule has 2 aliphatic rings. The largest absolute Gasteiger partial charge is 0.385 e. The van der Waals surface area contributed by atoms with Crippen molar-refractivity contribution in [2.75, 3.05) is 72.1 Å². The van der Waals surface area contributed by atoms with Gasteiger partial charge in [-0.1, -0.05) is 12.1 Å². The molecule has 202 valence electrons. The number of ether oxygens (including phenoxy) is 3. The van der Waals surface area contributed by atoms with Gasteiger partial charge in [-0.15, -0.1) is 11.3 Å². The highest BCUT2D eigenvalue weighted by atomic mass is 32.2. The minimum atomic E-state index is -3.43. The van der Waals surface area contributed by atoms with E-state index in [0.717, 1.165) is 42.7 Å². The topological polar surface area (TPSA) is 111 Å². The summed E-state index contributed by atoms with van der Waals surface area (Å²) >= 11 is 1.54. The Balaban J connectivity index is 1.49. The molecule has 0 amide bonds. The molecule has 0 radical (unpaired) electrons. The van der Waals surface area contributed by atoms with Gasteiger partial charge >= 0.3 is 0 Å². The number of Topliss-reactive ketones (excluding diaryl/α,β-unsaturated/α-hetero) is 1. The summed E-state index contributed by atoms with van der Waals surface area (Å²) in [6.07, 6.45) is 2.39. The van der Waals surface area contributed by atoms with Crippen molar-refractivity contribution >= 4 is 32.7 Å². The predicted octanol–water partition coefficient (Wildman–Crippen LogP) is 1.63. The van der Waals surface area contributed by atoms with Gasteiger partial charge in [-0.3, -0.25) is 14.7 Å². The third-order valence-electron chi connectivity index (χ3n) is 6.14. The Bertz CT molecular complexity index is 1150. The molecule has 2 fully saturated rings. The molecule has 2 aromatic rings. The van der Waals surface area contributed by atoms with Crippen molar-refractivity contribution in [3.63, 3.8) is 0 Å². The van der Waals surface area contributed by atoms with Gasteiger partial charge in [0.2, 0.25) is 0 Å². The number of benzene rings is 1. The quantitative estimate of drug-likeness (QED) is 0.288. The molecule has 1 aromatic carbocycles. The van der Waals surface area contributed by atoms with E-state index in [1.54, 1.807) is 31.4 Å². The van der Waals surface area contributed by atoms with Crippen LogP contribution in [0.1, 0.15) is 21.9 Å². The van der Waals surface area contributed by atoms with Crippen LogP contribution in [0.5, 0.6) is 0 Å². The van der Waals surface area contributed by atoms with E-state index >= 15 is 0 Å². The maximum Gasteiger partial charge on any atom is 0.190 e. The number of hydrazone groups is 1. The van der Waals surface area contributed by atoms with E-state index in [2.05, 4.69) is 15.0 Å². The normalized spacial score (nSPS) is 17.8. The molecule has 0 aliphatic carbocycles. The monoisotopic (exact) mass is 550 g/mol. The minimum absolute atomic E-state index is 0.00464. The van der Waals surface area contributed by atoms with E-state index in [9.17, 15) is 13.2 Å². The molecule has 0 N–H and O–H groups in total. The van der Waals surface area contributed by atoms with Crippen LogP contribution in [-0.2, 0) is 41.8 Å². The summed E-state index contributed by atoms with van der Waals surface area (Å²) in [5.41, 5.74) is 0.882. The highest BCUT2D eigenvalue weighted by Gasteiger charge is 2.22. The van der Waals surface area contributed by atoms with Gasteiger partial charge in [0.15, 0.2) is 15.6 Å². The number of aromatic nitrogens is 1. The number of hydrogen-bond acceptors (Lipinski definition) is 11. The molecule has 0 atom stereocenters. The van der Waals surface area contributed by atoms with Crippen molar-refractivity contribution in [3.05, 3.63) is 45.9 Å². The zero-order valence-corrected chi connectivity index (χ0v) is 22.8. The Morgan fingerprint density at radius 3 is 2.43 bits per heavy atom. The lowest BCUT2D eigenvalue weighted by atomic mass is 10.0. The van der Waals surface area contributed by atoms with Crippen molar-refractivity contribution in [1.29, 1.82) is 0 Å². The van der Waals surface area contributed by atoms with Crippen LogP contribution >= 0.6 is 11.3 Å². The second kappa shape index (κ2) is 13.5. The van der Waals surface area contributed by atoms with Crippen LogP contribution in [0.2, 0.25) is 0 Å². The molecular weight excluding hydrogens is 516 g/mol. The number of nitrogens with zero attached hydrogens (tertiary/aromatic N) is 4. The molecule has 3 heterocycles. The van der Waals surface area contributed by atoms with Gasteiger partial charge in [-0.25, -0.2) is 13.4 Å². The molecule has 0 spiro atoms. The average molecular weight is 551 g/mol. The molecule has 1 aromatic heterocycles. The van der Waals surface area contributed by atoms with Crippen molar-refractivity contribution < 1.29 is 27.4 Å². The fraction of sp³-hybridized carbons (Fsp3) is 0.560. The van der Waals surface area contributed by atoms with Crippen LogP contribution in [0.15, 0.2) is 40.5 Å². The Kier molecular flexibility index (Phi) is 10.2. The van der Waals surface area contributed by atoms with E-state index in [-0.39, 0.29) is 22.9 Å². The highest BCUT2D eigenvalue weighted by molar-refractivity contribution is 7.91. The SMILES string of the molecule is COCCCS(=O)(=O)c1ccc(/C(=N\N2CCOCC2)C(=O)Cc2ncc(CN3CCOCC3)s2)cc1. The lowest BCUT2D eigenvalue weighted by molar-refractivity contribution is -0.112. The number of morpholine rings is 2. The summed E-state index contributed by atoms with van der Waals surface area (Å²) in [4.78, 5) is 21.6. The van der Waals surface area contributed by atoms with Gasteiger partial charge in [0.25, 0.3) is 0 Å². The van der Waals surface area contributed by atoms with Crippen molar-refractivity contribution in [2.45, 2.75) is 24.3 Å². The predicted molar refractivity (Wildman–Crippen MR) is 141 cm³/mol. The van der Waals surface area contributed by atoms with Crippen molar-refractivity contribution in [3.8, 4) is 0 Å². The van der Waals surface area contributed by atoms with Crippen LogP contribution in [0, 0.1) is 0 Å². The number of methoxy groups -OCH3 is 1. The molecule has 12 heteroatoms. The fourth-order valence-electron chi connectivity index (χ4n) is 4.10. The lowest BCUT2D eigenvalue weighted by Gasteiger charge is -2.25. The van der Waals surface area contributed by atoms with Crippen molar-refractivity contribution in [2.24, 2.45) is 5.10 Å². The Morgan fingerprint density at radius 2 is 1.76 bits per heavy atom. The van der Waals surface area contributed by atoms with Gasteiger partial charge in [0, 0.05) is 50.0 Å². The Hall–Kier alpha value is -2.22. The summed E-state index contributed by atoms with van der Waals surface area (Å²) in [7, 11) is -1.89. The van der Waals surface area contributed by atoms with E-state index in [4.69, 9.17) is 14.2 Å². The molecule has 0 saturated carbocycles. The van der Waals surface area contributed by atoms with Gasteiger partial charge in [-0.05, 0) is 18.6 Å². The summed E-state index contributed by atoms with van der Waals surface area (Å²) in [6, 6.07) is 6.41. The van der Waals surface area contributed by atoms with E-state index in [1.165, 1.54) is 11.3 Å².